The van der Waals surface area contributed by atoms with Gasteiger partial charge in [0, 0.05) is 19.1 Å². The Labute approximate surface area is 119 Å². The molecule has 2 aliphatic rings. The Kier molecular flexibility index (Phi) is 3.85. The predicted octanol–water partition coefficient (Wildman–Crippen LogP) is 2.31. The largest absolute Gasteiger partial charge is 0.369 e. The molecule has 0 bridgehead atoms. The first-order valence-electron chi connectivity index (χ1n) is 7.66. The Morgan fingerprint density at radius 1 is 1.30 bits per heavy atom. The van der Waals surface area contributed by atoms with Gasteiger partial charge >= 0.3 is 0 Å². The molecular weight excluding hydrogens is 252 g/mol. The molecule has 0 atom stereocenters. The van der Waals surface area contributed by atoms with Gasteiger partial charge in [-0.25, -0.2) is 0 Å². The van der Waals surface area contributed by atoms with Crippen molar-refractivity contribution in [2.75, 3.05) is 18.4 Å². The van der Waals surface area contributed by atoms with Crippen LogP contribution in [0.25, 0.3) is 0 Å². The lowest BCUT2D eigenvalue weighted by Gasteiger charge is -2.21. The maximum atomic E-state index is 12.5. The van der Waals surface area contributed by atoms with Crippen molar-refractivity contribution in [2.45, 2.75) is 45.1 Å². The molecule has 1 amide bonds. The van der Waals surface area contributed by atoms with Gasteiger partial charge < -0.3 is 10.2 Å². The number of hydrogen-bond donors (Lipinski definition) is 1. The summed E-state index contributed by atoms with van der Waals surface area (Å²) in [7, 11) is 0. The molecule has 5 nitrogen and oxygen atoms in total. The second-order valence-electron chi connectivity index (χ2n) is 5.86. The van der Waals surface area contributed by atoms with E-state index in [1.807, 2.05) is 11.0 Å². The fraction of sp³-hybridized carbons (Fsp3) is 0.667. The number of nitrogens with zero attached hydrogens (tertiary/aromatic N) is 3. The van der Waals surface area contributed by atoms with Crippen LogP contribution in [-0.2, 0) is 0 Å². The summed E-state index contributed by atoms with van der Waals surface area (Å²) in [5, 5.41) is 11.3. The van der Waals surface area contributed by atoms with Crippen LogP contribution in [0.4, 0.5) is 5.82 Å². The molecule has 1 N–H and O–H groups in total. The fourth-order valence-corrected chi connectivity index (χ4v) is 2.30. The first-order chi connectivity index (χ1) is 9.78. The van der Waals surface area contributed by atoms with Gasteiger partial charge in [0.1, 0.15) is 5.82 Å². The van der Waals surface area contributed by atoms with Crippen molar-refractivity contribution in [3.63, 3.8) is 0 Å². The first kappa shape index (κ1) is 13.3. The summed E-state index contributed by atoms with van der Waals surface area (Å²) in [6, 6.07) is 4.08. The molecule has 0 radical (unpaired) electrons. The summed E-state index contributed by atoms with van der Waals surface area (Å²) < 4.78 is 0. The van der Waals surface area contributed by atoms with Gasteiger partial charge in [0.15, 0.2) is 5.69 Å². The van der Waals surface area contributed by atoms with E-state index in [4.69, 9.17) is 0 Å². The number of hydrogen-bond acceptors (Lipinski definition) is 4. The minimum atomic E-state index is 0.0499. The smallest absolute Gasteiger partial charge is 0.274 e. The molecule has 0 aromatic carbocycles. The second-order valence-corrected chi connectivity index (χ2v) is 5.86. The maximum absolute atomic E-state index is 12.5. The van der Waals surface area contributed by atoms with E-state index in [0.717, 1.165) is 44.1 Å². The van der Waals surface area contributed by atoms with E-state index in [1.54, 1.807) is 6.07 Å². The third kappa shape index (κ3) is 3.26. The average Bonchev–Trinajstić information content (AvgIpc) is 3.36. The van der Waals surface area contributed by atoms with Gasteiger partial charge in [0.05, 0.1) is 0 Å². The molecule has 0 saturated heterocycles. The highest BCUT2D eigenvalue weighted by Crippen LogP contribution is 2.35. The minimum Gasteiger partial charge on any atom is -0.369 e. The number of nitrogens with one attached hydrogen (secondary N) is 1. The van der Waals surface area contributed by atoms with Crippen molar-refractivity contribution in [3.8, 4) is 0 Å². The summed E-state index contributed by atoms with van der Waals surface area (Å²) in [5.74, 6) is 1.51. The van der Waals surface area contributed by atoms with Crippen LogP contribution in [0.3, 0.4) is 0 Å². The zero-order chi connectivity index (χ0) is 13.9. The monoisotopic (exact) mass is 274 g/mol. The van der Waals surface area contributed by atoms with Crippen LogP contribution in [0.2, 0.25) is 0 Å². The van der Waals surface area contributed by atoms with E-state index >= 15 is 0 Å². The molecule has 2 aliphatic carbocycles. The van der Waals surface area contributed by atoms with Crippen LogP contribution < -0.4 is 5.32 Å². The average molecular weight is 274 g/mol. The van der Waals surface area contributed by atoms with Crippen molar-refractivity contribution in [1.82, 2.24) is 15.1 Å². The van der Waals surface area contributed by atoms with Crippen LogP contribution in [-0.4, -0.2) is 40.1 Å². The third-order valence-electron chi connectivity index (χ3n) is 3.84. The standard InChI is InChI=1S/C15H22N4O/c1-2-9-16-14-8-7-13(17-18-14)15(20)19(12-5-6-12)10-11-3-4-11/h7-8,11-12H,2-6,9-10H2,1H3,(H,16,18). The Balaban J connectivity index is 1.65. The number of carbonyl (C=O) groups excluding carboxylic acids is 1. The molecule has 0 aliphatic heterocycles. The second kappa shape index (κ2) is 5.77. The van der Waals surface area contributed by atoms with Crippen LogP contribution >= 0.6 is 0 Å². The predicted molar refractivity (Wildman–Crippen MR) is 77.6 cm³/mol. The lowest BCUT2D eigenvalue weighted by molar-refractivity contribution is 0.0727. The number of anilines is 1. The molecule has 5 heteroatoms. The lowest BCUT2D eigenvalue weighted by atomic mass is 10.3. The zero-order valence-corrected chi connectivity index (χ0v) is 12.0. The number of carbonyl (C=O) groups is 1. The number of amides is 1. The molecule has 1 aromatic heterocycles. The van der Waals surface area contributed by atoms with E-state index in [9.17, 15) is 4.79 Å². The summed E-state index contributed by atoms with van der Waals surface area (Å²) in [6.07, 6.45) is 5.85. The van der Waals surface area contributed by atoms with Gasteiger partial charge in [0.25, 0.3) is 5.91 Å². The summed E-state index contributed by atoms with van der Waals surface area (Å²) >= 11 is 0. The number of rotatable bonds is 7. The summed E-state index contributed by atoms with van der Waals surface area (Å²) in [6.45, 7) is 3.88. The fourth-order valence-electron chi connectivity index (χ4n) is 2.30. The molecule has 3 rings (SSSR count). The molecule has 0 spiro atoms. The highest BCUT2D eigenvalue weighted by atomic mass is 16.2. The molecule has 20 heavy (non-hydrogen) atoms. The Morgan fingerprint density at radius 3 is 2.65 bits per heavy atom. The molecular formula is C15H22N4O. The van der Waals surface area contributed by atoms with Gasteiger partial charge in [-0.2, -0.15) is 0 Å². The van der Waals surface area contributed by atoms with Gasteiger partial charge in [-0.3, -0.25) is 4.79 Å². The van der Waals surface area contributed by atoms with Gasteiger partial charge in [-0.1, -0.05) is 6.92 Å². The Bertz CT molecular complexity index is 465. The molecule has 2 fully saturated rings. The first-order valence-corrected chi connectivity index (χ1v) is 7.66. The topological polar surface area (TPSA) is 58.1 Å². The van der Waals surface area contributed by atoms with Crippen LogP contribution in [0.15, 0.2) is 12.1 Å². The third-order valence-corrected chi connectivity index (χ3v) is 3.84. The van der Waals surface area contributed by atoms with Crippen LogP contribution in [0, 0.1) is 5.92 Å². The Hall–Kier alpha value is -1.65. The molecule has 108 valence electrons. The van der Waals surface area contributed by atoms with E-state index in [0.29, 0.717) is 11.7 Å². The van der Waals surface area contributed by atoms with Crippen LogP contribution in [0.5, 0.6) is 0 Å². The quantitative estimate of drug-likeness (QED) is 0.829. The minimum absolute atomic E-state index is 0.0499. The van der Waals surface area contributed by atoms with Gasteiger partial charge in [0.2, 0.25) is 0 Å². The van der Waals surface area contributed by atoms with Crippen molar-refractivity contribution in [2.24, 2.45) is 5.92 Å². The van der Waals surface area contributed by atoms with E-state index in [-0.39, 0.29) is 5.91 Å². The SMILES string of the molecule is CCCNc1ccc(C(=O)N(CC2CC2)C2CC2)nn1. The van der Waals surface area contributed by atoms with Gasteiger partial charge in [-0.15, -0.1) is 10.2 Å². The maximum Gasteiger partial charge on any atom is 0.274 e. The van der Waals surface area contributed by atoms with E-state index < -0.39 is 0 Å². The van der Waals surface area contributed by atoms with Crippen LogP contribution in [0.1, 0.15) is 49.5 Å². The normalized spacial score (nSPS) is 17.9. The lowest BCUT2D eigenvalue weighted by Crippen LogP contribution is -2.35. The Morgan fingerprint density at radius 2 is 2.10 bits per heavy atom. The van der Waals surface area contributed by atoms with Crippen molar-refractivity contribution < 1.29 is 4.79 Å². The number of aromatic nitrogens is 2. The molecule has 1 aromatic rings. The highest BCUT2D eigenvalue weighted by Gasteiger charge is 2.37. The molecule has 0 unspecified atom stereocenters. The summed E-state index contributed by atoms with van der Waals surface area (Å²) in [4.78, 5) is 14.5. The van der Waals surface area contributed by atoms with E-state index in [1.165, 1.54) is 12.8 Å². The van der Waals surface area contributed by atoms with Gasteiger partial charge in [-0.05, 0) is 50.2 Å². The summed E-state index contributed by atoms with van der Waals surface area (Å²) in [5.41, 5.74) is 0.472. The van der Waals surface area contributed by atoms with Crippen molar-refractivity contribution >= 4 is 11.7 Å². The zero-order valence-electron chi connectivity index (χ0n) is 12.0. The highest BCUT2D eigenvalue weighted by molar-refractivity contribution is 5.92. The molecule has 1 heterocycles. The molecule has 2 saturated carbocycles. The van der Waals surface area contributed by atoms with Crippen molar-refractivity contribution in [1.29, 1.82) is 0 Å². The van der Waals surface area contributed by atoms with Crippen molar-refractivity contribution in [3.05, 3.63) is 17.8 Å². The van der Waals surface area contributed by atoms with E-state index in [2.05, 4.69) is 22.4 Å².